The Kier molecular flexibility index (Phi) is 11.4. The van der Waals surface area contributed by atoms with Gasteiger partial charge in [0, 0.05) is 23.9 Å². The maximum atomic E-state index is 11.9. The molecule has 118 valence electrons. The number of carbonyl (C=O) groups is 1. The highest BCUT2D eigenvalue weighted by molar-refractivity contribution is 7.07. The number of aryl methyl sites for hydroxylation is 1. The normalized spacial score (nSPS) is 13.1. The number of nitrogens with one attached hydrogen (secondary N) is 1. The number of nitrogens with zero attached hydrogens (tertiary/aromatic N) is 1. The molecule has 1 amide bonds. The van der Waals surface area contributed by atoms with E-state index in [-0.39, 0.29) is 36.3 Å². The molecular weight excluding hydrogens is 317 g/mol. The summed E-state index contributed by atoms with van der Waals surface area (Å²) in [6, 6.07) is 0. The maximum Gasteiger partial charge on any atom is 0.220 e. The number of halogens is 2. The van der Waals surface area contributed by atoms with E-state index in [0.717, 1.165) is 12.1 Å². The van der Waals surface area contributed by atoms with E-state index in [9.17, 15) is 4.79 Å². The molecule has 0 radical (unpaired) electrons. The maximum absolute atomic E-state index is 11.9. The van der Waals surface area contributed by atoms with E-state index in [1.54, 1.807) is 16.8 Å². The van der Waals surface area contributed by atoms with E-state index >= 15 is 0 Å². The van der Waals surface area contributed by atoms with Crippen LogP contribution < -0.4 is 11.1 Å². The first-order valence-corrected chi connectivity index (χ1v) is 7.27. The monoisotopic (exact) mass is 341 g/mol. The Morgan fingerprint density at radius 2 is 2.15 bits per heavy atom. The second-order valence-electron chi connectivity index (χ2n) is 5.39. The first-order valence-electron chi connectivity index (χ1n) is 6.33. The lowest BCUT2D eigenvalue weighted by Crippen LogP contribution is -2.52. The molecule has 1 aromatic rings. The van der Waals surface area contributed by atoms with Crippen molar-refractivity contribution in [1.82, 2.24) is 10.3 Å². The molecule has 4 nitrogen and oxygen atoms in total. The number of rotatable bonds is 7. The lowest BCUT2D eigenvalue weighted by atomic mass is 9.90. The summed E-state index contributed by atoms with van der Waals surface area (Å²) >= 11 is 1.55. The van der Waals surface area contributed by atoms with Gasteiger partial charge in [0.2, 0.25) is 5.91 Å². The summed E-state index contributed by atoms with van der Waals surface area (Å²) in [5, 5.41) is 5.02. The highest BCUT2D eigenvalue weighted by atomic mass is 35.5. The molecule has 20 heavy (non-hydrogen) atoms. The van der Waals surface area contributed by atoms with E-state index in [1.807, 2.05) is 12.3 Å². The largest absolute Gasteiger partial charge is 0.350 e. The van der Waals surface area contributed by atoms with Gasteiger partial charge in [0.1, 0.15) is 0 Å². The van der Waals surface area contributed by atoms with Gasteiger partial charge in [-0.2, -0.15) is 0 Å². The molecule has 1 rings (SSSR count). The molecule has 0 aromatic carbocycles. The Balaban J connectivity index is 0. The zero-order chi connectivity index (χ0) is 13.6. The summed E-state index contributed by atoms with van der Waals surface area (Å²) in [4.78, 5) is 16.1. The van der Waals surface area contributed by atoms with Crippen LogP contribution in [0.1, 0.15) is 39.3 Å². The van der Waals surface area contributed by atoms with Crippen LogP contribution in [0, 0.1) is 5.92 Å². The lowest BCUT2D eigenvalue weighted by Gasteiger charge is -2.31. The number of hydrogen-bond donors (Lipinski definition) is 2. The molecule has 0 saturated heterocycles. The van der Waals surface area contributed by atoms with Gasteiger partial charge in [-0.05, 0) is 25.7 Å². The topological polar surface area (TPSA) is 68.0 Å². The van der Waals surface area contributed by atoms with Crippen molar-refractivity contribution in [2.24, 2.45) is 11.7 Å². The smallest absolute Gasteiger partial charge is 0.220 e. The van der Waals surface area contributed by atoms with Crippen LogP contribution in [0.3, 0.4) is 0 Å². The SMILES string of the molecule is CC(C)CC(C)(CN)NC(=O)CCc1cscn1.Cl.Cl. The van der Waals surface area contributed by atoms with Gasteiger partial charge in [0.25, 0.3) is 0 Å². The fourth-order valence-corrected chi connectivity index (χ4v) is 2.68. The molecule has 0 aliphatic heterocycles. The van der Waals surface area contributed by atoms with Crippen molar-refractivity contribution in [2.45, 2.75) is 45.6 Å². The predicted octanol–water partition coefficient (Wildman–Crippen LogP) is 2.80. The van der Waals surface area contributed by atoms with Crippen molar-refractivity contribution < 1.29 is 4.79 Å². The van der Waals surface area contributed by atoms with Crippen LogP contribution >= 0.6 is 36.2 Å². The number of hydrogen-bond acceptors (Lipinski definition) is 4. The number of thiazole rings is 1. The minimum absolute atomic E-state index is 0. The van der Waals surface area contributed by atoms with Gasteiger partial charge in [-0.1, -0.05) is 13.8 Å². The van der Waals surface area contributed by atoms with E-state index in [0.29, 0.717) is 25.3 Å². The van der Waals surface area contributed by atoms with Crippen molar-refractivity contribution >= 4 is 42.1 Å². The van der Waals surface area contributed by atoms with Crippen molar-refractivity contribution in [3.63, 3.8) is 0 Å². The summed E-state index contributed by atoms with van der Waals surface area (Å²) in [5.41, 5.74) is 8.24. The molecule has 0 fully saturated rings. The van der Waals surface area contributed by atoms with Crippen molar-refractivity contribution in [1.29, 1.82) is 0 Å². The summed E-state index contributed by atoms with van der Waals surface area (Å²) in [6.07, 6.45) is 2.06. The Morgan fingerprint density at radius 3 is 2.60 bits per heavy atom. The van der Waals surface area contributed by atoms with Crippen LogP contribution in [0.2, 0.25) is 0 Å². The fourth-order valence-electron chi connectivity index (χ4n) is 2.09. The highest BCUT2D eigenvalue weighted by Gasteiger charge is 2.25. The molecule has 7 heteroatoms. The van der Waals surface area contributed by atoms with E-state index in [1.165, 1.54) is 0 Å². The van der Waals surface area contributed by atoms with Crippen LogP contribution in [0.15, 0.2) is 10.9 Å². The van der Waals surface area contributed by atoms with Gasteiger partial charge >= 0.3 is 0 Å². The van der Waals surface area contributed by atoms with Gasteiger partial charge < -0.3 is 11.1 Å². The van der Waals surface area contributed by atoms with E-state index in [4.69, 9.17) is 5.73 Å². The molecule has 0 saturated carbocycles. The molecular formula is C13H25Cl2N3OS. The second-order valence-corrected chi connectivity index (χ2v) is 6.11. The molecule has 1 atom stereocenters. The van der Waals surface area contributed by atoms with Gasteiger partial charge in [0.05, 0.1) is 11.2 Å². The third-order valence-corrected chi connectivity index (χ3v) is 3.48. The summed E-state index contributed by atoms with van der Waals surface area (Å²) < 4.78 is 0. The van der Waals surface area contributed by atoms with Gasteiger partial charge in [0.15, 0.2) is 0 Å². The Hall–Kier alpha value is -0.360. The average Bonchev–Trinajstić information content (AvgIpc) is 2.78. The minimum atomic E-state index is -0.298. The van der Waals surface area contributed by atoms with Gasteiger partial charge in [-0.3, -0.25) is 4.79 Å². The summed E-state index contributed by atoms with van der Waals surface area (Å²) in [7, 11) is 0. The fraction of sp³-hybridized carbons (Fsp3) is 0.692. The summed E-state index contributed by atoms with van der Waals surface area (Å²) in [5.74, 6) is 0.564. The number of nitrogens with two attached hydrogens (primary N) is 1. The van der Waals surface area contributed by atoms with Crippen LogP contribution in [-0.4, -0.2) is 23.0 Å². The Labute approximate surface area is 137 Å². The zero-order valence-electron chi connectivity index (χ0n) is 12.2. The molecule has 0 bridgehead atoms. The number of amides is 1. The highest BCUT2D eigenvalue weighted by Crippen LogP contribution is 2.15. The zero-order valence-corrected chi connectivity index (χ0v) is 14.7. The van der Waals surface area contributed by atoms with Crippen molar-refractivity contribution in [2.75, 3.05) is 6.54 Å². The standard InChI is InChI=1S/C13H23N3OS.2ClH/c1-10(2)6-13(3,8-14)16-12(17)5-4-11-7-18-9-15-11;;/h7,9-10H,4-6,8,14H2,1-3H3,(H,16,17);2*1H. The molecule has 1 unspecified atom stereocenters. The van der Waals surface area contributed by atoms with E-state index < -0.39 is 0 Å². The van der Waals surface area contributed by atoms with Crippen molar-refractivity contribution in [3.8, 4) is 0 Å². The first kappa shape index (κ1) is 21.9. The average molecular weight is 342 g/mol. The van der Waals surface area contributed by atoms with Crippen molar-refractivity contribution in [3.05, 3.63) is 16.6 Å². The Bertz CT molecular complexity index is 374. The quantitative estimate of drug-likeness (QED) is 0.801. The molecule has 0 spiro atoms. The number of aromatic nitrogens is 1. The third-order valence-electron chi connectivity index (χ3n) is 2.84. The lowest BCUT2D eigenvalue weighted by molar-refractivity contribution is -0.122. The predicted molar refractivity (Wildman–Crippen MR) is 90.0 cm³/mol. The molecule has 3 N–H and O–H groups in total. The molecule has 1 aromatic heterocycles. The second kappa shape index (κ2) is 10.4. The molecule has 0 aliphatic rings. The van der Waals surface area contributed by atoms with E-state index in [2.05, 4.69) is 24.1 Å². The van der Waals surface area contributed by atoms with Gasteiger partial charge in [-0.15, -0.1) is 36.2 Å². The van der Waals surface area contributed by atoms with Crippen LogP contribution in [0.25, 0.3) is 0 Å². The Morgan fingerprint density at radius 1 is 1.50 bits per heavy atom. The molecule has 1 heterocycles. The summed E-state index contributed by atoms with van der Waals surface area (Å²) in [6.45, 7) is 6.74. The third kappa shape index (κ3) is 8.04. The van der Waals surface area contributed by atoms with Crippen LogP contribution in [0.4, 0.5) is 0 Å². The van der Waals surface area contributed by atoms with Crippen LogP contribution in [0.5, 0.6) is 0 Å². The molecule has 0 aliphatic carbocycles. The number of carbonyl (C=O) groups excluding carboxylic acids is 1. The van der Waals surface area contributed by atoms with Gasteiger partial charge in [-0.25, -0.2) is 4.98 Å². The first-order chi connectivity index (χ1) is 8.45. The van der Waals surface area contributed by atoms with Crippen LogP contribution in [-0.2, 0) is 11.2 Å². The minimum Gasteiger partial charge on any atom is -0.350 e.